The normalized spacial score (nSPS) is 11.9. The van der Waals surface area contributed by atoms with Crippen molar-refractivity contribution in [1.29, 1.82) is 0 Å². The summed E-state index contributed by atoms with van der Waals surface area (Å²) in [5.74, 6) is -0.266. The number of pyridine rings is 1. The van der Waals surface area contributed by atoms with Gasteiger partial charge < -0.3 is 11.1 Å². The van der Waals surface area contributed by atoms with E-state index >= 15 is 0 Å². The number of rotatable bonds is 4. The van der Waals surface area contributed by atoms with Gasteiger partial charge in [-0.25, -0.2) is 4.98 Å². The first-order valence-corrected chi connectivity index (χ1v) is 6.70. The van der Waals surface area contributed by atoms with E-state index < -0.39 is 0 Å². The zero-order valence-electron chi connectivity index (χ0n) is 11.1. The molecule has 0 fully saturated rings. The summed E-state index contributed by atoms with van der Waals surface area (Å²) < 4.78 is 0. The van der Waals surface area contributed by atoms with Gasteiger partial charge in [0.2, 0.25) is 0 Å². The molecule has 0 saturated carbocycles. The van der Waals surface area contributed by atoms with Crippen LogP contribution < -0.4 is 11.1 Å². The lowest BCUT2D eigenvalue weighted by atomic mass is 10.1. The maximum atomic E-state index is 12.1. The van der Waals surface area contributed by atoms with Crippen molar-refractivity contribution in [2.75, 3.05) is 5.73 Å². The summed E-state index contributed by atoms with van der Waals surface area (Å²) in [6, 6.07) is 11.5. The van der Waals surface area contributed by atoms with E-state index in [0.717, 1.165) is 12.0 Å². The van der Waals surface area contributed by atoms with Crippen LogP contribution in [-0.4, -0.2) is 16.9 Å². The minimum Gasteiger partial charge on any atom is -0.397 e. The Morgan fingerprint density at radius 1 is 1.40 bits per heavy atom. The first kappa shape index (κ1) is 14.3. The fraction of sp³-hybridized carbons (Fsp3) is 0.200. The SMILES string of the molecule is CC(Cc1ccccc1)NC(=O)c1cc(N)cnc1Cl. The number of benzene rings is 1. The van der Waals surface area contributed by atoms with Gasteiger partial charge in [-0.3, -0.25) is 4.79 Å². The van der Waals surface area contributed by atoms with E-state index in [0.29, 0.717) is 11.3 Å². The third-order valence-electron chi connectivity index (χ3n) is 2.87. The minimum atomic E-state index is -0.266. The standard InChI is InChI=1S/C15H16ClN3O/c1-10(7-11-5-3-2-4-6-11)19-15(20)13-8-12(17)9-18-14(13)16/h2-6,8-10H,7,17H2,1H3,(H,19,20). The summed E-state index contributed by atoms with van der Waals surface area (Å²) in [7, 11) is 0. The predicted molar refractivity (Wildman–Crippen MR) is 80.7 cm³/mol. The molecule has 0 saturated heterocycles. The van der Waals surface area contributed by atoms with Gasteiger partial charge in [-0.05, 0) is 25.0 Å². The van der Waals surface area contributed by atoms with Gasteiger partial charge in [-0.2, -0.15) is 0 Å². The number of hydrogen-bond acceptors (Lipinski definition) is 3. The molecule has 1 heterocycles. The van der Waals surface area contributed by atoms with Crippen molar-refractivity contribution in [2.45, 2.75) is 19.4 Å². The van der Waals surface area contributed by atoms with Crippen molar-refractivity contribution in [3.05, 3.63) is 58.9 Å². The Balaban J connectivity index is 2.02. The molecule has 0 aliphatic heterocycles. The van der Waals surface area contributed by atoms with Crippen LogP contribution in [0.25, 0.3) is 0 Å². The number of aromatic nitrogens is 1. The fourth-order valence-corrected chi connectivity index (χ4v) is 2.13. The molecule has 0 spiro atoms. The summed E-state index contributed by atoms with van der Waals surface area (Å²) in [4.78, 5) is 16.0. The molecular formula is C15H16ClN3O. The number of nitrogen functional groups attached to an aromatic ring is 1. The van der Waals surface area contributed by atoms with Crippen LogP contribution in [0.3, 0.4) is 0 Å². The topological polar surface area (TPSA) is 68.0 Å². The zero-order chi connectivity index (χ0) is 14.5. The minimum absolute atomic E-state index is 0.0117. The second-order valence-corrected chi connectivity index (χ2v) is 5.03. The smallest absolute Gasteiger partial charge is 0.254 e. The van der Waals surface area contributed by atoms with Crippen molar-refractivity contribution < 1.29 is 4.79 Å². The Hall–Kier alpha value is -2.07. The van der Waals surface area contributed by atoms with Gasteiger partial charge in [0.25, 0.3) is 5.91 Å². The van der Waals surface area contributed by atoms with Crippen LogP contribution in [0.1, 0.15) is 22.8 Å². The molecule has 4 nitrogen and oxygen atoms in total. The molecule has 0 bridgehead atoms. The molecule has 1 amide bonds. The maximum absolute atomic E-state index is 12.1. The van der Waals surface area contributed by atoms with Crippen LogP contribution in [0.5, 0.6) is 0 Å². The number of nitrogens with two attached hydrogens (primary N) is 1. The van der Waals surface area contributed by atoms with Gasteiger partial charge in [0.15, 0.2) is 0 Å². The maximum Gasteiger partial charge on any atom is 0.254 e. The van der Waals surface area contributed by atoms with Crippen molar-refractivity contribution in [3.8, 4) is 0 Å². The highest BCUT2D eigenvalue weighted by atomic mass is 35.5. The Labute approximate surface area is 123 Å². The number of carbonyl (C=O) groups excluding carboxylic acids is 1. The summed E-state index contributed by atoms with van der Waals surface area (Å²) in [5, 5.41) is 3.05. The first-order valence-electron chi connectivity index (χ1n) is 6.32. The molecule has 104 valence electrons. The molecule has 2 rings (SSSR count). The zero-order valence-corrected chi connectivity index (χ0v) is 11.9. The second kappa shape index (κ2) is 6.39. The van der Waals surface area contributed by atoms with E-state index in [1.165, 1.54) is 12.3 Å². The van der Waals surface area contributed by atoms with Crippen molar-refractivity contribution in [1.82, 2.24) is 10.3 Å². The lowest BCUT2D eigenvalue weighted by Gasteiger charge is -2.14. The summed E-state index contributed by atoms with van der Waals surface area (Å²) in [6.07, 6.45) is 2.17. The van der Waals surface area contributed by atoms with E-state index in [1.807, 2.05) is 37.3 Å². The highest BCUT2D eigenvalue weighted by Crippen LogP contribution is 2.15. The average Bonchev–Trinajstić information content (AvgIpc) is 2.42. The van der Waals surface area contributed by atoms with Gasteiger partial charge in [0.1, 0.15) is 5.15 Å². The summed E-state index contributed by atoms with van der Waals surface area (Å²) in [5.41, 5.74) is 7.49. The van der Waals surface area contributed by atoms with E-state index in [9.17, 15) is 4.79 Å². The Morgan fingerprint density at radius 3 is 2.80 bits per heavy atom. The molecule has 1 aromatic heterocycles. The Bertz CT molecular complexity index is 601. The van der Waals surface area contributed by atoms with E-state index in [-0.39, 0.29) is 17.1 Å². The highest BCUT2D eigenvalue weighted by molar-refractivity contribution is 6.32. The quantitative estimate of drug-likeness (QED) is 0.850. The lowest BCUT2D eigenvalue weighted by molar-refractivity contribution is 0.0940. The highest BCUT2D eigenvalue weighted by Gasteiger charge is 2.14. The number of carbonyl (C=O) groups is 1. The number of amides is 1. The van der Waals surface area contributed by atoms with Gasteiger partial charge in [0.05, 0.1) is 17.4 Å². The third-order valence-corrected chi connectivity index (χ3v) is 3.17. The monoisotopic (exact) mass is 289 g/mol. The average molecular weight is 290 g/mol. The molecule has 1 atom stereocenters. The molecule has 0 aliphatic carbocycles. The number of hydrogen-bond donors (Lipinski definition) is 2. The van der Waals surface area contributed by atoms with Gasteiger partial charge in [0, 0.05) is 6.04 Å². The predicted octanol–water partition coefficient (Wildman–Crippen LogP) is 2.68. The van der Waals surface area contributed by atoms with Gasteiger partial charge >= 0.3 is 0 Å². The third kappa shape index (κ3) is 3.71. The Morgan fingerprint density at radius 2 is 2.10 bits per heavy atom. The number of nitrogens with zero attached hydrogens (tertiary/aromatic N) is 1. The van der Waals surface area contributed by atoms with Crippen LogP contribution in [-0.2, 0) is 6.42 Å². The largest absolute Gasteiger partial charge is 0.397 e. The van der Waals surface area contributed by atoms with E-state index in [4.69, 9.17) is 17.3 Å². The lowest BCUT2D eigenvalue weighted by Crippen LogP contribution is -2.34. The molecule has 0 radical (unpaired) electrons. The van der Waals surface area contributed by atoms with E-state index in [2.05, 4.69) is 10.3 Å². The molecule has 20 heavy (non-hydrogen) atoms. The second-order valence-electron chi connectivity index (χ2n) is 4.67. The number of halogens is 1. The van der Waals surface area contributed by atoms with Crippen molar-refractivity contribution >= 4 is 23.2 Å². The first-order chi connectivity index (χ1) is 9.56. The van der Waals surface area contributed by atoms with Crippen LogP contribution in [0, 0.1) is 0 Å². The van der Waals surface area contributed by atoms with Crippen LogP contribution in [0.2, 0.25) is 5.15 Å². The molecular weight excluding hydrogens is 274 g/mol. The van der Waals surface area contributed by atoms with E-state index in [1.54, 1.807) is 0 Å². The van der Waals surface area contributed by atoms with Gasteiger partial charge in [-0.1, -0.05) is 41.9 Å². The van der Waals surface area contributed by atoms with Crippen LogP contribution >= 0.6 is 11.6 Å². The molecule has 3 N–H and O–H groups in total. The Kier molecular flexibility index (Phi) is 4.58. The molecule has 2 aromatic rings. The fourth-order valence-electron chi connectivity index (χ4n) is 1.94. The molecule has 5 heteroatoms. The van der Waals surface area contributed by atoms with Crippen molar-refractivity contribution in [2.24, 2.45) is 0 Å². The van der Waals surface area contributed by atoms with Gasteiger partial charge in [-0.15, -0.1) is 0 Å². The number of nitrogens with one attached hydrogen (secondary N) is 1. The van der Waals surface area contributed by atoms with Crippen LogP contribution in [0.4, 0.5) is 5.69 Å². The van der Waals surface area contributed by atoms with Crippen molar-refractivity contribution in [3.63, 3.8) is 0 Å². The molecule has 0 aliphatic rings. The summed E-state index contributed by atoms with van der Waals surface area (Å²) in [6.45, 7) is 1.94. The molecule has 1 aromatic carbocycles. The summed E-state index contributed by atoms with van der Waals surface area (Å²) >= 11 is 5.91. The number of anilines is 1. The van der Waals surface area contributed by atoms with Crippen LogP contribution in [0.15, 0.2) is 42.6 Å². The molecule has 1 unspecified atom stereocenters.